The van der Waals surface area contributed by atoms with E-state index in [-0.39, 0.29) is 5.56 Å². The Balaban J connectivity index is 2.02. The van der Waals surface area contributed by atoms with Crippen LogP contribution in [0.15, 0.2) is 36.4 Å². The van der Waals surface area contributed by atoms with Gasteiger partial charge in [-0.25, -0.2) is 4.79 Å². The number of carboxylic acids is 1. The molecule has 0 aliphatic heterocycles. The minimum Gasteiger partial charge on any atom is -0.492 e. The van der Waals surface area contributed by atoms with Crippen molar-refractivity contribution in [2.75, 3.05) is 6.61 Å². The van der Waals surface area contributed by atoms with Crippen molar-refractivity contribution in [3.05, 3.63) is 42.0 Å². The van der Waals surface area contributed by atoms with Crippen molar-refractivity contribution in [1.29, 1.82) is 0 Å². The van der Waals surface area contributed by atoms with Crippen molar-refractivity contribution in [1.82, 2.24) is 0 Å². The van der Waals surface area contributed by atoms with Gasteiger partial charge in [-0.2, -0.15) is 0 Å². The summed E-state index contributed by atoms with van der Waals surface area (Å²) in [7, 11) is 0. The maximum Gasteiger partial charge on any atom is 0.339 e. The minimum atomic E-state index is -0.942. The van der Waals surface area contributed by atoms with Gasteiger partial charge in [0.15, 0.2) is 0 Å². The van der Waals surface area contributed by atoms with E-state index in [0.717, 1.165) is 12.8 Å². The Morgan fingerprint density at radius 2 is 2.06 bits per heavy atom. The molecule has 0 bridgehead atoms. The van der Waals surface area contributed by atoms with E-state index < -0.39 is 5.97 Å². The monoisotopic (exact) mass is 246 g/mol. The van der Waals surface area contributed by atoms with E-state index in [4.69, 9.17) is 9.84 Å². The number of rotatable bonds is 4. The van der Waals surface area contributed by atoms with Crippen LogP contribution in [0, 0.1) is 11.8 Å². The Labute approximate surface area is 107 Å². The van der Waals surface area contributed by atoms with E-state index in [1.165, 1.54) is 0 Å². The molecule has 0 amide bonds. The summed E-state index contributed by atoms with van der Waals surface area (Å²) in [5.74, 6) is 0.581. The van der Waals surface area contributed by atoms with Crippen LogP contribution in [0.5, 0.6) is 5.75 Å². The number of carboxylic acid groups (broad SMARTS) is 1. The molecule has 18 heavy (non-hydrogen) atoms. The van der Waals surface area contributed by atoms with E-state index in [0.29, 0.717) is 24.2 Å². The topological polar surface area (TPSA) is 46.5 Å². The molecule has 0 radical (unpaired) electrons. The molecule has 1 aliphatic rings. The third kappa shape index (κ3) is 2.92. The summed E-state index contributed by atoms with van der Waals surface area (Å²) in [6.07, 6.45) is 6.47. The fourth-order valence-electron chi connectivity index (χ4n) is 2.20. The van der Waals surface area contributed by atoms with E-state index in [9.17, 15) is 4.79 Å². The number of hydrogen-bond acceptors (Lipinski definition) is 2. The maximum atomic E-state index is 11.0. The lowest BCUT2D eigenvalue weighted by Gasteiger charge is -2.25. The third-order valence-electron chi connectivity index (χ3n) is 3.49. The van der Waals surface area contributed by atoms with Crippen molar-refractivity contribution >= 4 is 5.97 Å². The van der Waals surface area contributed by atoms with Gasteiger partial charge in [0, 0.05) is 0 Å². The number of para-hydroxylation sites is 1. The lowest BCUT2D eigenvalue weighted by molar-refractivity contribution is 0.0690. The van der Waals surface area contributed by atoms with Crippen LogP contribution in [-0.2, 0) is 0 Å². The van der Waals surface area contributed by atoms with Gasteiger partial charge in [-0.15, -0.1) is 0 Å². The van der Waals surface area contributed by atoms with Crippen molar-refractivity contribution in [3.8, 4) is 5.75 Å². The van der Waals surface area contributed by atoms with Crippen molar-refractivity contribution in [3.63, 3.8) is 0 Å². The van der Waals surface area contributed by atoms with Gasteiger partial charge >= 0.3 is 5.97 Å². The van der Waals surface area contributed by atoms with Crippen LogP contribution in [0.3, 0.4) is 0 Å². The molecule has 2 rings (SSSR count). The van der Waals surface area contributed by atoms with Crippen LogP contribution >= 0.6 is 0 Å². The normalized spacial score (nSPS) is 22.7. The highest BCUT2D eigenvalue weighted by molar-refractivity contribution is 5.90. The number of aromatic carboxylic acids is 1. The molecule has 0 saturated carbocycles. The summed E-state index contributed by atoms with van der Waals surface area (Å²) in [6, 6.07) is 6.79. The number of hydrogen-bond donors (Lipinski definition) is 1. The van der Waals surface area contributed by atoms with E-state index in [1.807, 2.05) is 0 Å². The van der Waals surface area contributed by atoms with Gasteiger partial charge in [-0.3, -0.25) is 0 Å². The first kappa shape index (κ1) is 12.7. The highest BCUT2D eigenvalue weighted by atomic mass is 16.5. The van der Waals surface area contributed by atoms with Gasteiger partial charge in [0.05, 0.1) is 6.61 Å². The Hall–Kier alpha value is -1.77. The fraction of sp³-hybridized carbons (Fsp3) is 0.400. The van der Waals surface area contributed by atoms with Gasteiger partial charge in [0.25, 0.3) is 0 Å². The molecule has 0 heterocycles. The molecule has 0 fully saturated rings. The van der Waals surface area contributed by atoms with E-state index >= 15 is 0 Å². The van der Waals surface area contributed by atoms with Crippen LogP contribution < -0.4 is 4.74 Å². The first-order valence-corrected chi connectivity index (χ1v) is 6.28. The fourth-order valence-corrected chi connectivity index (χ4v) is 2.20. The first-order valence-electron chi connectivity index (χ1n) is 6.28. The zero-order chi connectivity index (χ0) is 13.0. The second kappa shape index (κ2) is 5.71. The molecule has 1 N–H and O–H groups in total. The molecule has 1 aromatic rings. The molecule has 2 unspecified atom stereocenters. The van der Waals surface area contributed by atoms with Gasteiger partial charge in [0.1, 0.15) is 11.3 Å². The number of ether oxygens (including phenoxy) is 1. The standard InChI is InChI=1S/C15H18O3/c1-11-6-2-3-7-12(11)10-18-14-9-5-4-8-13(14)15(16)17/h2-5,8-9,11-12H,6-7,10H2,1H3,(H,16,17). The van der Waals surface area contributed by atoms with Crippen LogP contribution in [0.4, 0.5) is 0 Å². The second-order valence-corrected chi connectivity index (χ2v) is 4.79. The molecule has 96 valence electrons. The number of allylic oxidation sites excluding steroid dienone is 2. The predicted octanol–water partition coefficient (Wildman–Crippen LogP) is 3.37. The molecule has 0 saturated heterocycles. The largest absolute Gasteiger partial charge is 0.492 e. The highest BCUT2D eigenvalue weighted by Gasteiger charge is 2.20. The highest BCUT2D eigenvalue weighted by Crippen LogP contribution is 2.26. The van der Waals surface area contributed by atoms with Crippen LogP contribution in [0.2, 0.25) is 0 Å². The predicted molar refractivity (Wildman–Crippen MR) is 69.9 cm³/mol. The average molecular weight is 246 g/mol. The summed E-state index contributed by atoms with van der Waals surface area (Å²) in [6.45, 7) is 2.79. The summed E-state index contributed by atoms with van der Waals surface area (Å²) >= 11 is 0. The lowest BCUT2D eigenvalue weighted by Crippen LogP contribution is -2.21. The van der Waals surface area contributed by atoms with E-state index in [1.54, 1.807) is 24.3 Å². The zero-order valence-corrected chi connectivity index (χ0v) is 10.5. The third-order valence-corrected chi connectivity index (χ3v) is 3.49. The Morgan fingerprint density at radius 3 is 2.78 bits per heavy atom. The Morgan fingerprint density at radius 1 is 1.33 bits per heavy atom. The Kier molecular flexibility index (Phi) is 4.03. The van der Waals surface area contributed by atoms with Crippen LogP contribution in [0.1, 0.15) is 30.1 Å². The number of benzene rings is 1. The molecule has 3 nitrogen and oxygen atoms in total. The van der Waals surface area contributed by atoms with Crippen LogP contribution in [-0.4, -0.2) is 17.7 Å². The van der Waals surface area contributed by atoms with E-state index in [2.05, 4.69) is 19.1 Å². The second-order valence-electron chi connectivity index (χ2n) is 4.79. The van der Waals surface area contributed by atoms with Crippen molar-refractivity contribution in [2.45, 2.75) is 19.8 Å². The zero-order valence-electron chi connectivity index (χ0n) is 10.5. The smallest absolute Gasteiger partial charge is 0.339 e. The van der Waals surface area contributed by atoms with Crippen LogP contribution in [0.25, 0.3) is 0 Å². The minimum absolute atomic E-state index is 0.233. The molecule has 1 aromatic carbocycles. The SMILES string of the molecule is CC1CC=CCC1COc1ccccc1C(=O)O. The number of carbonyl (C=O) groups is 1. The molecule has 3 heteroatoms. The summed E-state index contributed by atoms with van der Waals surface area (Å²) < 4.78 is 5.69. The summed E-state index contributed by atoms with van der Waals surface area (Å²) in [5.41, 5.74) is 0.233. The summed E-state index contributed by atoms with van der Waals surface area (Å²) in [4.78, 5) is 11.0. The van der Waals surface area contributed by atoms with Gasteiger partial charge in [-0.05, 0) is 36.8 Å². The summed E-state index contributed by atoms with van der Waals surface area (Å²) in [5, 5.41) is 9.06. The molecular weight excluding hydrogens is 228 g/mol. The molecule has 0 aromatic heterocycles. The first-order chi connectivity index (χ1) is 8.68. The lowest BCUT2D eigenvalue weighted by atomic mass is 9.85. The molecule has 1 aliphatic carbocycles. The Bertz CT molecular complexity index is 451. The molecule has 2 atom stereocenters. The van der Waals surface area contributed by atoms with Crippen molar-refractivity contribution < 1.29 is 14.6 Å². The molecule has 0 spiro atoms. The van der Waals surface area contributed by atoms with Gasteiger partial charge in [0.2, 0.25) is 0 Å². The van der Waals surface area contributed by atoms with Gasteiger partial charge in [-0.1, -0.05) is 31.2 Å². The maximum absolute atomic E-state index is 11.0. The quantitative estimate of drug-likeness (QED) is 0.828. The average Bonchev–Trinajstić information content (AvgIpc) is 2.38. The van der Waals surface area contributed by atoms with Gasteiger partial charge < -0.3 is 9.84 Å². The van der Waals surface area contributed by atoms with Crippen molar-refractivity contribution in [2.24, 2.45) is 11.8 Å². The molecular formula is C15H18O3.